The summed E-state index contributed by atoms with van der Waals surface area (Å²) in [6.45, 7) is 0. The first kappa shape index (κ1) is 14.1. The first-order valence-corrected chi connectivity index (χ1v) is 7.13. The third kappa shape index (κ3) is 2.83. The number of hydrogen-bond donors (Lipinski definition) is 2. The first-order valence-electron chi connectivity index (χ1n) is 5.65. The van der Waals surface area contributed by atoms with Gasteiger partial charge in [0.15, 0.2) is 0 Å². The van der Waals surface area contributed by atoms with E-state index in [1.807, 2.05) is 0 Å². The lowest BCUT2D eigenvalue weighted by Gasteiger charge is -2.12. The van der Waals surface area contributed by atoms with Gasteiger partial charge < -0.3 is 10.5 Å². The van der Waals surface area contributed by atoms with Crippen molar-refractivity contribution in [3.05, 3.63) is 48.3 Å². The molecule has 0 saturated carbocycles. The molecule has 2 aromatic rings. The van der Waals surface area contributed by atoms with Crippen molar-refractivity contribution in [1.29, 1.82) is 0 Å². The number of hydrogen-bond acceptors (Lipinski definition) is 4. The first-order chi connectivity index (χ1) is 9.44. The fourth-order valence-electron chi connectivity index (χ4n) is 1.69. The van der Waals surface area contributed by atoms with E-state index in [2.05, 4.69) is 4.72 Å². The molecular formula is C13H13FN2O3S. The zero-order chi connectivity index (χ0) is 14.8. The molecule has 5 nitrogen and oxygen atoms in total. The zero-order valence-corrected chi connectivity index (χ0v) is 11.4. The Hall–Kier alpha value is -2.28. The van der Waals surface area contributed by atoms with E-state index in [0.29, 0.717) is 5.75 Å². The molecule has 3 N–H and O–H groups in total. The molecule has 0 aliphatic rings. The van der Waals surface area contributed by atoms with Gasteiger partial charge in [-0.1, -0.05) is 12.1 Å². The maximum absolute atomic E-state index is 13.0. The lowest BCUT2D eigenvalue weighted by molar-refractivity contribution is 0.417. The molecule has 0 amide bonds. The van der Waals surface area contributed by atoms with Crippen molar-refractivity contribution >= 4 is 21.4 Å². The van der Waals surface area contributed by atoms with Gasteiger partial charge in [-0.2, -0.15) is 0 Å². The van der Waals surface area contributed by atoms with Crippen LogP contribution in [0, 0.1) is 5.82 Å². The van der Waals surface area contributed by atoms with Crippen molar-refractivity contribution in [2.45, 2.75) is 4.90 Å². The Morgan fingerprint density at radius 2 is 1.90 bits per heavy atom. The van der Waals surface area contributed by atoms with Crippen LogP contribution in [0.4, 0.5) is 15.8 Å². The predicted molar refractivity (Wildman–Crippen MR) is 74.6 cm³/mol. The van der Waals surface area contributed by atoms with Gasteiger partial charge in [0.1, 0.15) is 16.5 Å². The average molecular weight is 296 g/mol. The minimum absolute atomic E-state index is 0.160. The number of rotatable bonds is 4. The summed E-state index contributed by atoms with van der Waals surface area (Å²) in [5, 5.41) is 0. The number of nitrogen functional groups attached to an aromatic ring is 1. The Balaban J connectivity index is 2.41. The summed E-state index contributed by atoms with van der Waals surface area (Å²) in [7, 11) is -2.49. The summed E-state index contributed by atoms with van der Waals surface area (Å²) in [5.41, 5.74) is 5.66. The van der Waals surface area contributed by atoms with Gasteiger partial charge in [0.05, 0.1) is 18.5 Å². The molecular weight excluding hydrogens is 283 g/mol. The van der Waals surface area contributed by atoms with Crippen LogP contribution >= 0.6 is 0 Å². The van der Waals surface area contributed by atoms with E-state index in [0.717, 1.165) is 18.2 Å². The van der Waals surface area contributed by atoms with Gasteiger partial charge >= 0.3 is 0 Å². The summed E-state index contributed by atoms with van der Waals surface area (Å²) < 4.78 is 44.8. The van der Waals surface area contributed by atoms with E-state index < -0.39 is 15.8 Å². The van der Waals surface area contributed by atoms with Gasteiger partial charge in [0.2, 0.25) is 0 Å². The lowest BCUT2D eigenvalue weighted by Crippen LogP contribution is -2.15. The molecule has 0 radical (unpaired) electrons. The van der Waals surface area contributed by atoms with Crippen molar-refractivity contribution in [2.24, 2.45) is 0 Å². The molecule has 106 valence electrons. The summed E-state index contributed by atoms with van der Waals surface area (Å²) in [6, 6.07) is 9.64. The fraction of sp³-hybridized carbons (Fsp3) is 0.0769. The minimum Gasteiger partial charge on any atom is -0.495 e. The van der Waals surface area contributed by atoms with Crippen molar-refractivity contribution < 1.29 is 17.5 Å². The second-order valence-electron chi connectivity index (χ2n) is 3.99. The maximum Gasteiger partial charge on any atom is 0.264 e. The molecule has 7 heteroatoms. The van der Waals surface area contributed by atoms with Crippen LogP contribution in [0.1, 0.15) is 0 Å². The molecule has 0 atom stereocenters. The zero-order valence-electron chi connectivity index (χ0n) is 10.6. The van der Waals surface area contributed by atoms with Gasteiger partial charge in [0.25, 0.3) is 10.0 Å². The lowest BCUT2D eigenvalue weighted by atomic mass is 10.3. The predicted octanol–water partition coefficient (Wildman–Crippen LogP) is 2.22. The van der Waals surface area contributed by atoms with Gasteiger partial charge in [-0.25, -0.2) is 12.8 Å². The number of methoxy groups -OCH3 is 1. The second-order valence-corrected chi connectivity index (χ2v) is 5.64. The number of ether oxygens (including phenoxy) is 1. The largest absolute Gasteiger partial charge is 0.495 e. The van der Waals surface area contributed by atoms with Crippen molar-refractivity contribution in [3.8, 4) is 5.75 Å². The quantitative estimate of drug-likeness (QED) is 0.848. The summed E-state index contributed by atoms with van der Waals surface area (Å²) in [5.74, 6) is -0.226. The number of benzene rings is 2. The van der Waals surface area contributed by atoms with E-state index in [4.69, 9.17) is 10.5 Å². The van der Waals surface area contributed by atoms with Crippen LogP contribution in [0.15, 0.2) is 47.4 Å². The molecule has 0 aromatic heterocycles. The smallest absolute Gasteiger partial charge is 0.264 e. The van der Waals surface area contributed by atoms with Crippen molar-refractivity contribution in [1.82, 2.24) is 0 Å². The monoisotopic (exact) mass is 296 g/mol. The van der Waals surface area contributed by atoms with E-state index in [-0.39, 0.29) is 16.3 Å². The van der Waals surface area contributed by atoms with Crippen LogP contribution in [-0.2, 0) is 10.0 Å². The molecule has 2 rings (SSSR count). The van der Waals surface area contributed by atoms with Crippen molar-refractivity contribution in [2.75, 3.05) is 17.6 Å². The number of nitrogens with one attached hydrogen (secondary N) is 1. The average Bonchev–Trinajstić information content (AvgIpc) is 2.38. The number of nitrogens with two attached hydrogens (primary N) is 1. The maximum atomic E-state index is 13.0. The Morgan fingerprint density at radius 1 is 1.20 bits per heavy atom. The molecule has 0 heterocycles. The summed E-state index contributed by atoms with van der Waals surface area (Å²) in [6.07, 6.45) is 0. The van der Waals surface area contributed by atoms with Crippen LogP contribution in [0.5, 0.6) is 5.75 Å². The molecule has 0 aliphatic heterocycles. The van der Waals surface area contributed by atoms with Gasteiger partial charge in [-0.15, -0.1) is 0 Å². The number of halogens is 1. The van der Waals surface area contributed by atoms with Crippen LogP contribution in [0.2, 0.25) is 0 Å². The molecule has 0 bridgehead atoms. The van der Waals surface area contributed by atoms with Gasteiger partial charge in [-0.3, -0.25) is 4.72 Å². The van der Waals surface area contributed by atoms with E-state index in [1.165, 1.54) is 7.11 Å². The highest BCUT2D eigenvalue weighted by Crippen LogP contribution is 2.28. The fourth-order valence-corrected chi connectivity index (χ4v) is 2.88. The molecule has 0 spiro atoms. The van der Waals surface area contributed by atoms with Crippen LogP contribution < -0.4 is 15.2 Å². The Bertz CT molecular complexity index is 732. The normalized spacial score (nSPS) is 11.1. The molecule has 20 heavy (non-hydrogen) atoms. The highest BCUT2D eigenvalue weighted by Gasteiger charge is 2.19. The van der Waals surface area contributed by atoms with Gasteiger partial charge in [-0.05, 0) is 30.3 Å². The molecule has 0 aliphatic carbocycles. The molecule has 0 fully saturated rings. The summed E-state index contributed by atoms with van der Waals surface area (Å²) >= 11 is 0. The van der Waals surface area contributed by atoms with Crippen LogP contribution in [-0.4, -0.2) is 15.5 Å². The van der Waals surface area contributed by atoms with Crippen LogP contribution in [0.25, 0.3) is 0 Å². The van der Waals surface area contributed by atoms with Gasteiger partial charge in [0, 0.05) is 0 Å². The highest BCUT2D eigenvalue weighted by atomic mass is 32.2. The third-order valence-corrected chi connectivity index (χ3v) is 4.05. The number of sulfonamides is 1. The molecule has 2 aromatic carbocycles. The second kappa shape index (κ2) is 5.38. The summed E-state index contributed by atoms with van der Waals surface area (Å²) in [4.78, 5) is -0.190. The Labute approximate surface area is 116 Å². The topological polar surface area (TPSA) is 81.4 Å². The third-order valence-electron chi connectivity index (χ3n) is 2.61. The highest BCUT2D eigenvalue weighted by molar-refractivity contribution is 7.92. The molecule has 0 saturated heterocycles. The standard InChI is InChI=1S/C13H13FN2O3S/c1-19-12-5-3-2-4-11(12)16-20(17,18)13-7-6-9(14)8-10(13)15/h2-8,16H,15H2,1H3. The molecule has 0 unspecified atom stereocenters. The SMILES string of the molecule is COc1ccccc1NS(=O)(=O)c1ccc(F)cc1N. The van der Waals surface area contributed by atoms with Crippen molar-refractivity contribution in [3.63, 3.8) is 0 Å². The van der Waals surface area contributed by atoms with Crippen LogP contribution in [0.3, 0.4) is 0 Å². The van der Waals surface area contributed by atoms with E-state index >= 15 is 0 Å². The number of anilines is 2. The Morgan fingerprint density at radius 3 is 2.55 bits per heavy atom. The van der Waals surface area contributed by atoms with E-state index in [1.54, 1.807) is 24.3 Å². The Kier molecular flexibility index (Phi) is 3.80. The van der Waals surface area contributed by atoms with E-state index in [9.17, 15) is 12.8 Å². The minimum atomic E-state index is -3.92. The number of para-hydroxylation sites is 2.